The summed E-state index contributed by atoms with van der Waals surface area (Å²) in [5.74, 6) is 0.00839. The zero-order valence-corrected chi connectivity index (χ0v) is 10.3. The van der Waals surface area contributed by atoms with Crippen molar-refractivity contribution < 1.29 is 4.79 Å². The summed E-state index contributed by atoms with van der Waals surface area (Å²) < 4.78 is 3.15. The molecule has 96 valence electrons. The second kappa shape index (κ2) is 4.86. The number of aromatic nitrogens is 5. The largest absolute Gasteiger partial charge is 0.367 e. The number of nitrogens with zero attached hydrogens (tertiary/aromatic N) is 5. The van der Waals surface area contributed by atoms with Gasteiger partial charge >= 0.3 is 0 Å². The molecule has 0 unspecified atom stereocenters. The van der Waals surface area contributed by atoms with Crippen molar-refractivity contribution in [3.05, 3.63) is 23.8 Å². The SMILES string of the molecule is Cc1c(CNC(=O)Cn2cnc(N)n2)cnn1C. The van der Waals surface area contributed by atoms with Crippen LogP contribution in [0.25, 0.3) is 0 Å². The summed E-state index contributed by atoms with van der Waals surface area (Å²) in [4.78, 5) is 15.4. The van der Waals surface area contributed by atoms with Crippen LogP contribution in [0.3, 0.4) is 0 Å². The van der Waals surface area contributed by atoms with Gasteiger partial charge < -0.3 is 11.1 Å². The Morgan fingerprint density at radius 2 is 2.33 bits per heavy atom. The normalized spacial score (nSPS) is 10.6. The number of nitrogen functional groups attached to an aromatic ring is 1. The van der Waals surface area contributed by atoms with Crippen LogP contribution in [0.15, 0.2) is 12.5 Å². The maximum absolute atomic E-state index is 11.6. The number of hydrogen-bond donors (Lipinski definition) is 2. The van der Waals surface area contributed by atoms with E-state index in [0.717, 1.165) is 11.3 Å². The molecule has 0 spiro atoms. The van der Waals surface area contributed by atoms with Gasteiger partial charge in [-0.3, -0.25) is 9.48 Å². The Morgan fingerprint density at radius 3 is 2.89 bits per heavy atom. The van der Waals surface area contributed by atoms with Crippen molar-refractivity contribution in [2.45, 2.75) is 20.0 Å². The Kier molecular flexibility index (Phi) is 3.26. The summed E-state index contributed by atoms with van der Waals surface area (Å²) in [7, 11) is 1.86. The lowest BCUT2D eigenvalue weighted by atomic mass is 10.2. The third kappa shape index (κ3) is 2.65. The van der Waals surface area contributed by atoms with Gasteiger partial charge in [-0.2, -0.15) is 5.10 Å². The maximum Gasteiger partial charge on any atom is 0.242 e. The summed E-state index contributed by atoms with van der Waals surface area (Å²) in [5.41, 5.74) is 7.37. The highest BCUT2D eigenvalue weighted by Crippen LogP contribution is 2.04. The molecular weight excluding hydrogens is 234 g/mol. The maximum atomic E-state index is 11.6. The van der Waals surface area contributed by atoms with Gasteiger partial charge in [0.05, 0.1) is 6.20 Å². The number of amides is 1. The van der Waals surface area contributed by atoms with Crippen LogP contribution in [0.4, 0.5) is 5.95 Å². The first kappa shape index (κ1) is 12.1. The van der Waals surface area contributed by atoms with E-state index in [4.69, 9.17) is 5.73 Å². The highest BCUT2D eigenvalue weighted by molar-refractivity contribution is 5.75. The van der Waals surface area contributed by atoms with Gasteiger partial charge in [0.25, 0.3) is 0 Å². The van der Waals surface area contributed by atoms with Crippen molar-refractivity contribution in [3.63, 3.8) is 0 Å². The minimum atomic E-state index is -0.150. The van der Waals surface area contributed by atoms with Gasteiger partial charge in [-0.1, -0.05) is 0 Å². The van der Waals surface area contributed by atoms with Crippen LogP contribution >= 0.6 is 0 Å². The van der Waals surface area contributed by atoms with E-state index in [9.17, 15) is 4.79 Å². The zero-order valence-electron chi connectivity index (χ0n) is 10.3. The van der Waals surface area contributed by atoms with Gasteiger partial charge in [0.15, 0.2) is 0 Å². The third-order valence-corrected chi connectivity index (χ3v) is 2.67. The van der Waals surface area contributed by atoms with Crippen molar-refractivity contribution in [3.8, 4) is 0 Å². The summed E-state index contributed by atoms with van der Waals surface area (Å²) in [5, 5.41) is 10.7. The molecule has 0 radical (unpaired) electrons. The van der Waals surface area contributed by atoms with Gasteiger partial charge in [0.1, 0.15) is 12.9 Å². The number of aryl methyl sites for hydroxylation is 1. The van der Waals surface area contributed by atoms with Gasteiger partial charge in [0.2, 0.25) is 11.9 Å². The molecular formula is C10H15N7O. The van der Waals surface area contributed by atoms with Crippen LogP contribution in [0.5, 0.6) is 0 Å². The van der Waals surface area contributed by atoms with E-state index in [1.807, 2.05) is 14.0 Å². The Balaban J connectivity index is 1.87. The van der Waals surface area contributed by atoms with Crippen LogP contribution in [-0.4, -0.2) is 30.5 Å². The lowest BCUT2D eigenvalue weighted by Crippen LogP contribution is -2.27. The molecule has 0 saturated heterocycles. The first-order chi connectivity index (χ1) is 8.56. The number of nitrogens with two attached hydrogens (primary N) is 1. The lowest BCUT2D eigenvalue weighted by molar-refractivity contribution is -0.122. The molecule has 0 saturated carbocycles. The first-order valence-corrected chi connectivity index (χ1v) is 5.45. The molecule has 0 aliphatic rings. The van der Waals surface area contributed by atoms with E-state index in [-0.39, 0.29) is 18.4 Å². The van der Waals surface area contributed by atoms with E-state index in [0.29, 0.717) is 6.54 Å². The summed E-state index contributed by atoms with van der Waals surface area (Å²) in [6.45, 7) is 2.50. The van der Waals surface area contributed by atoms with Crippen LogP contribution in [0.1, 0.15) is 11.3 Å². The molecule has 0 aliphatic heterocycles. The van der Waals surface area contributed by atoms with Gasteiger partial charge in [-0.05, 0) is 6.92 Å². The Morgan fingerprint density at radius 1 is 1.56 bits per heavy atom. The van der Waals surface area contributed by atoms with Crippen molar-refractivity contribution in [2.24, 2.45) is 7.05 Å². The number of anilines is 1. The zero-order chi connectivity index (χ0) is 13.1. The van der Waals surface area contributed by atoms with Crippen LogP contribution in [0.2, 0.25) is 0 Å². The summed E-state index contributed by atoms with van der Waals surface area (Å²) >= 11 is 0. The predicted molar refractivity (Wildman–Crippen MR) is 64.2 cm³/mol. The molecule has 0 aliphatic carbocycles. The van der Waals surface area contributed by atoms with Crippen molar-refractivity contribution >= 4 is 11.9 Å². The summed E-state index contributed by atoms with van der Waals surface area (Å²) in [6.07, 6.45) is 3.16. The van der Waals surface area contributed by atoms with E-state index in [2.05, 4.69) is 20.5 Å². The van der Waals surface area contributed by atoms with E-state index in [1.165, 1.54) is 11.0 Å². The summed E-state index contributed by atoms with van der Waals surface area (Å²) in [6, 6.07) is 0. The molecule has 8 heteroatoms. The minimum absolute atomic E-state index is 0.101. The topological polar surface area (TPSA) is 104 Å². The standard InChI is InChI=1S/C10H15N7O/c1-7-8(4-14-16(7)2)3-12-9(18)5-17-6-13-10(11)15-17/h4,6H,3,5H2,1-2H3,(H2,11,15)(H,12,18). The van der Waals surface area contributed by atoms with Crippen molar-refractivity contribution in [1.82, 2.24) is 29.9 Å². The molecule has 1 amide bonds. The molecule has 0 fully saturated rings. The fourth-order valence-electron chi connectivity index (χ4n) is 1.50. The number of nitrogens with one attached hydrogen (secondary N) is 1. The van der Waals surface area contributed by atoms with E-state index in [1.54, 1.807) is 10.9 Å². The molecule has 2 rings (SSSR count). The Labute approximate surface area is 104 Å². The van der Waals surface area contributed by atoms with Crippen molar-refractivity contribution in [2.75, 3.05) is 5.73 Å². The minimum Gasteiger partial charge on any atom is -0.367 e. The monoisotopic (exact) mass is 249 g/mol. The molecule has 2 aromatic heterocycles. The average molecular weight is 249 g/mol. The Hall–Kier alpha value is -2.38. The highest BCUT2D eigenvalue weighted by Gasteiger charge is 2.07. The van der Waals surface area contributed by atoms with E-state index < -0.39 is 0 Å². The van der Waals surface area contributed by atoms with Gasteiger partial charge in [0, 0.05) is 24.8 Å². The molecule has 2 aromatic rings. The van der Waals surface area contributed by atoms with Gasteiger partial charge in [-0.25, -0.2) is 9.67 Å². The second-order valence-electron chi connectivity index (χ2n) is 3.96. The first-order valence-electron chi connectivity index (χ1n) is 5.45. The molecule has 2 heterocycles. The van der Waals surface area contributed by atoms with Gasteiger partial charge in [-0.15, -0.1) is 5.10 Å². The molecule has 8 nitrogen and oxygen atoms in total. The lowest BCUT2D eigenvalue weighted by Gasteiger charge is -2.04. The predicted octanol–water partition coefficient (Wildman–Crippen LogP) is -0.781. The fourth-order valence-corrected chi connectivity index (χ4v) is 1.50. The third-order valence-electron chi connectivity index (χ3n) is 2.67. The average Bonchev–Trinajstić information content (AvgIpc) is 2.86. The van der Waals surface area contributed by atoms with Crippen LogP contribution in [-0.2, 0) is 24.9 Å². The molecule has 0 bridgehead atoms. The van der Waals surface area contributed by atoms with Crippen LogP contribution < -0.4 is 11.1 Å². The number of carbonyl (C=O) groups excluding carboxylic acids is 1. The number of hydrogen-bond acceptors (Lipinski definition) is 5. The quantitative estimate of drug-likeness (QED) is 0.739. The van der Waals surface area contributed by atoms with Crippen molar-refractivity contribution in [1.29, 1.82) is 0 Å². The number of carbonyl (C=O) groups is 1. The smallest absolute Gasteiger partial charge is 0.242 e. The van der Waals surface area contributed by atoms with Crippen LogP contribution in [0, 0.1) is 6.92 Å². The molecule has 0 atom stereocenters. The number of rotatable bonds is 4. The molecule has 18 heavy (non-hydrogen) atoms. The second-order valence-corrected chi connectivity index (χ2v) is 3.96. The highest BCUT2D eigenvalue weighted by atomic mass is 16.2. The molecule has 3 N–H and O–H groups in total. The van der Waals surface area contributed by atoms with E-state index >= 15 is 0 Å². The molecule has 0 aromatic carbocycles. The fraction of sp³-hybridized carbons (Fsp3) is 0.400. The Bertz CT molecular complexity index is 556.